The number of hydrogen-bond acceptors (Lipinski definition) is 6. The molecule has 0 bridgehead atoms. The van der Waals surface area contributed by atoms with Crippen LogP contribution in [0, 0.1) is 5.39 Å². The minimum Gasteiger partial charge on any atom is -0.867 e. The highest BCUT2D eigenvalue weighted by molar-refractivity contribution is 7.87. The van der Waals surface area contributed by atoms with Crippen LogP contribution in [0.25, 0.3) is 37.3 Å². The Morgan fingerprint density at radius 2 is 1.36 bits per heavy atom. The van der Waals surface area contributed by atoms with Gasteiger partial charge in [-0.25, -0.2) is 0 Å². The highest BCUT2D eigenvalue weighted by Gasteiger charge is 2.24. The smallest absolute Gasteiger partial charge is 0.378 e. The number of hydrogen-bond donors (Lipinski definition) is 1. The van der Waals surface area contributed by atoms with E-state index in [1.54, 1.807) is 18.2 Å². The van der Waals surface area contributed by atoms with Crippen LogP contribution in [-0.4, -0.2) is 13.5 Å². The first kappa shape index (κ1) is 24.2. The second-order valence-corrected chi connectivity index (χ2v) is 10.6. The van der Waals surface area contributed by atoms with Crippen LogP contribution in [0.1, 0.15) is 11.1 Å². The van der Waals surface area contributed by atoms with Crippen LogP contribution in [0.4, 0.5) is 5.69 Å². The Hall–Kier alpha value is -5.13. The topological polar surface area (TPSA) is 115 Å². The second kappa shape index (κ2) is 9.31. The summed E-state index contributed by atoms with van der Waals surface area (Å²) in [5, 5.41) is 36.2. The Balaban J connectivity index is 1.52. The van der Waals surface area contributed by atoms with E-state index in [0.29, 0.717) is 11.1 Å². The fourth-order valence-electron chi connectivity index (χ4n) is 5.01. The molecule has 0 spiro atoms. The van der Waals surface area contributed by atoms with Crippen molar-refractivity contribution in [1.29, 1.82) is 5.39 Å². The van der Waals surface area contributed by atoms with Gasteiger partial charge in [-0.1, -0.05) is 72.8 Å². The van der Waals surface area contributed by atoms with E-state index in [-0.39, 0.29) is 39.3 Å². The molecular weight excluding hydrogens is 512 g/mol. The van der Waals surface area contributed by atoms with E-state index in [4.69, 9.17) is 9.58 Å². The first-order valence-corrected chi connectivity index (χ1v) is 13.5. The Morgan fingerprint density at radius 3 is 2.08 bits per heavy atom. The van der Waals surface area contributed by atoms with Crippen molar-refractivity contribution in [2.45, 2.75) is 11.3 Å². The molecule has 0 aliphatic carbocycles. The first-order valence-electron chi connectivity index (χ1n) is 12.1. The van der Waals surface area contributed by atoms with E-state index in [1.807, 2.05) is 54.6 Å². The zero-order chi connectivity index (χ0) is 27.1. The lowest BCUT2D eigenvalue weighted by Gasteiger charge is -2.17. The lowest BCUT2D eigenvalue weighted by Crippen LogP contribution is -2.12. The largest absolute Gasteiger partial charge is 0.867 e. The van der Waals surface area contributed by atoms with E-state index in [1.165, 1.54) is 30.3 Å². The molecule has 39 heavy (non-hydrogen) atoms. The third kappa shape index (κ3) is 4.15. The molecule has 0 aliphatic heterocycles. The van der Waals surface area contributed by atoms with Crippen molar-refractivity contribution in [2.24, 2.45) is 0 Å². The molecule has 0 aromatic heterocycles. The third-order valence-corrected chi connectivity index (χ3v) is 8.19. The van der Waals surface area contributed by atoms with Gasteiger partial charge in [0.1, 0.15) is 16.4 Å². The van der Waals surface area contributed by atoms with Crippen LogP contribution in [0.3, 0.4) is 0 Å². The average Bonchev–Trinajstić information content (AvgIpc) is 2.95. The Labute approximate surface area is 223 Å². The van der Waals surface area contributed by atoms with Crippen molar-refractivity contribution in [1.82, 2.24) is 0 Å². The summed E-state index contributed by atoms with van der Waals surface area (Å²) in [5.41, 5.74) is 1.05. The molecule has 0 saturated carbocycles. The Kier molecular flexibility index (Phi) is 5.78. The van der Waals surface area contributed by atoms with Crippen molar-refractivity contribution in [3.8, 4) is 17.2 Å². The molecule has 0 aliphatic rings. The number of diazo groups is 1. The summed E-state index contributed by atoms with van der Waals surface area (Å²) in [4.78, 5) is 2.79. The van der Waals surface area contributed by atoms with Gasteiger partial charge in [-0.15, -0.1) is 0 Å². The highest BCUT2D eigenvalue weighted by Crippen LogP contribution is 2.39. The van der Waals surface area contributed by atoms with Gasteiger partial charge in [-0.05, 0) is 56.9 Å². The predicted molar refractivity (Wildman–Crippen MR) is 148 cm³/mol. The summed E-state index contributed by atoms with van der Waals surface area (Å²) in [6.07, 6.45) is 0.209. The minimum atomic E-state index is -4.41. The van der Waals surface area contributed by atoms with Gasteiger partial charge in [0.05, 0.1) is 0 Å². The molecule has 0 saturated heterocycles. The monoisotopic (exact) mass is 532 g/mol. The number of benzene rings is 6. The average molecular weight is 533 g/mol. The molecule has 6 aromatic rings. The first-order chi connectivity index (χ1) is 18.9. The second-order valence-electron chi connectivity index (χ2n) is 9.13. The van der Waals surface area contributed by atoms with Gasteiger partial charge in [-0.3, -0.25) is 0 Å². The van der Waals surface area contributed by atoms with E-state index in [9.17, 15) is 18.6 Å². The van der Waals surface area contributed by atoms with Gasteiger partial charge in [0.25, 0.3) is 0 Å². The summed E-state index contributed by atoms with van der Waals surface area (Å²) < 4.78 is 33.1. The van der Waals surface area contributed by atoms with Crippen molar-refractivity contribution in [3.05, 3.63) is 119 Å². The van der Waals surface area contributed by atoms with Gasteiger partial charge in [-0.2, -0.15) is 8.42 Å². The number of nitrogens with zero attached hydrogens (tertiary/aromatic N) is 2. The fraction of sp³-hybridized carbons (Fsp3) is 0.0323. The maximum atomic E-state index is 13.7. The lowest BCUT2D eigenvalue weighted by atomic mass is 9.93. The Morgan fingerprint density at radius 1 is 0.718 bits per heavy atom. The van der Waals surface area contributed by atoms with E-state index in [0.717, 1.165) is 21.5 Å². The Bertz CT molecular complexity index is 2080. The standard InChI is InChI=1S/C31H20N2O5S/c32-33-27-15-14-23-24(31(27)35)10-5-11-30(23)39(36,37)38-29-17-13-20-7-2-4-9-22(20)26(29)18-25-21-8-3-1-6-19(21)12-16-28(25)34/h1-17H,18H2,(H-,34,35). The summed E-state index contributed by atoms with van der Waals surface area (Å²) in [6, 6.07) is 29.0. The normalized spacial score (nSPS) is 11.6. The van der Waals surface area contributed by atoms with Gasteiger partial charge in [0.15, 0.2) is 4.98 Å². The van der Waals surface area contributed by atoms with Crippen molar-refractivity contribution >= 4 is 48.1 Å². The lowest BCUT2D eigenvalue weighted by molar-refractivity contribution is -0.264. The third-order valence-electron chi connectivity index (χ3n) is 6.89. The molecule has 0 atom stereocenters. The molecule has 0 unspecified atom stereocenters. The summed E-state index contributed by atoms with van der Waals surface area (Å²) >= 11 is 0. The van der Waals surface area contributed by atoms with Crippen LogP contribution in [0.2, 0.25) is 0 Å². The van der Waals surface area contributed by atoms with E-state index < -0.39 is 15.9 Å². The van der Waals surface area contributed by atoms with Crippen LogP contribution in [0.15, 0.2) is 108 Å². The molecular formula is C31H20N2O5S. The highest BCUT2D eigenvalue weighted by atomic mass is 32.2. The quantitative estimate of drug-likeness (QED) is 0.194. The number of phenols is 1. The van der Waals surface area contributed by atoms with Gasteiger partial charge < -0.3 is 14.4 Å². The maximum Gasteiger partial charge on any atom is 0.378 e. The molecule has 0 heterocycles. The molecule has 7 nitrogen and oxygen atoms in total. The summed E-state index contributed by atoms with van der Waals surface area (Å²) in [5.74, 6) is -0.384. The zero-order valence-corrected chi connectivity index (χ0v) is 21.2. The molecule has 0 amide bonds. The summed E-state index contributed by atoms with van der Waals surface area (Å²) in [7, 11) is -4.41. The predicted octanol–water partition coefficient (Wildman–Crippen LogP) is 6.77. The van der Waals surface area contributed by atoms with E-state index in [2.05, 4.69) is 4.98 Å². The number of rotatable bonds is 5. The number of aromatic hydroxyl groups is 1. The molecule has 1 N–H and O–H groups in total. The van der Waals surface area contributed by atoms with Crippen LogP contribution in [0.5, 0.6) is 17.2 Å². The summed E-state index contributed by atoms with van der Waals surface area (Å²) in [6.45, 7) is 0. The maximum absolute atomic E-state index is 13.7. The minimum absolute atomic E-state index is 0.0920. The molecule has 190 valence electrons. The van der Waals surface area contributed by atoms with E-state index >= 15 is 0 Å². The molecule has 8 heteroatoms. The van der Waals surface area contributed by atoms with Crippen molar-refractivity contribution in [2.75, 3.05) is 0 Å². The van der Waals surface area contributed by atoms with Crippen LogP contribution < -0.4 is 9.29 Å². The van der Waals surface area contributed by atoms with Crippen LogP contribution >= 0.6 is 0 Å². The molecule has 6 aromatic carbocycles. The van der Waals surface area contributed by atoms with Crippen molar-refractivity contribution in [3.63, 3.8) is 0 Å². The SMILES string of the molecule is N#[N+]c1ccc2c(S(=O)(=O)Oc3ccc4ccccc4c3Cc3c(O)ccc4ccccc34)cccc2c1[O-]. The molecule has 6 rings (SSSR count). The zero-order valence-electron chi connectivity index (χ0n) is 20.4. The number of phenolic OH excluding ortho intramolecular Hbond substituents is 1. The van der Waals surface area contributed by atoms with Crippen LogP contribution in [-0.2, 0) is 16.5 Å². The fourth-order valence-corrected chi connectivity index (χ4v) is 6.19. The van der Waals surface area contributed by atoms with Gasteiger partial charge >= 0.3 is 15.8 Å². The van der Waals surface area contributed by atoms with Gasteiger partial charge in [0, 0.05) is 29.0 Å². The molecule has 0 fully saturated rings. The number of fused-ring (bicyclic) bond motifs is 3. The van der Waals surface area contributed by atoms with Crippen molar-refractivity contribution < 1.29 is 22.8 Å². The van der Waals surface area contributed by atoms with Gasteiger partial charge in [0.2, 0.25) is 5.39 Å². The molecule has 0 radical (unpaired) electrons.